The number of hydrogen-bond donors (Lipinski definition) is 1. The number of nitrogens with zero attached hydrogens (tertiary/aromatic N) is 2. The summed E-state index contributed by atoms with van der Waals surface area (Å²) in [5, 5.41) is 7.85. The summed E-state index contributed by atoms with van der Waals surface area (Å²) in [5.41, 5.74) is 2.04. The van der Waals surface area contributed by atoms with Gasteiger partial charge >= 0.3 is 0 Å². The number of fused-ring (bicyclic) bond motifs is 1. The van der Waals surface area contributed by atoms with Crippen LogP contribution in [0.2, 0.25) is 5.02 Å². The number of amides is 1. The molecule has 0 unspecified atom stereocenters. The zero-order chi connectivity index (χ0) is 18.4. The Labute approximate surface area is 162 Å². The highest BCUT2D eigenvalue weighted by atomic mass is 35.5. The predicted molar refractivity (Wildman–Crippen MR) is 99.9 cm³/mol. The zero-order valence-electron chi connectivity index (χ0n) is 14.9. The molecule has 0 radical (unpaired) electrons. The average Bonchev–Trinajstić information content (AvgIpc) is 3.25. The Hall–Kier alpha value is -1.89. The fraction of sp³-hybridized carbons (Fsp3) is 0.500. The lowest BCUT2D eigenvalue weighted by Crippen LogP contribution is -2.43. The Morgan fingerprint density at radius 2 is 2.04 bits per heavy atom. The molecule has 2 aliphatic heterocycles. The quantitative estimate of drug-likeness (QED) is 0.872. The van der Waals surface area contributed by atoms with Crippen LogP contribution in [0.3, 0.4) is 0 Å². The standard InChI is InChI=1S/C20H22ClN3O3/c21-14-5-3-13(4-6-14)19-10-24-9-15(7-16(24)11-26-19)22-20(25)18-8-17(23-27-18)12-1-2-12/h3-6,8,12,15-16,19H,1-2,7,9-11H2,(H,22,25)/t15-,16-,19+/m0/s1. The van der Waals surface area contributed by atoms with Crippen LogP contribution in [0, 0.1) is 0 Å². The van der Waals surface area contributed by atoms with Crippen LogP contribution in [-0.4, -0.2) is 47.7 Å². The number of carbonyl (C=O) groups excluding carboxylic acids is 1. The molecular formula is C20H22ClN3O3. The molecule has 142 valence electrons. The van der Waals surface area contributed by atoms with Crippen LogP contribution in [0.25, 0.3) is 0 Å². The Bertz CT molecular complexity index is 833. The van der Waals surface area contributed by atoms with Crippen molar-refractivity contribution in [2.75, 3.05) is 19.7 Å². The predicted octanol–water partition coefficient (Wildman–Crippen LogP) is 3.15. The van der Waals surface area contributed by atoms with E-state index in [1.165, 1.54) is 0 Å². The second-order valence-electron chi connectivity index (χ2n) is 7.78. The number of carbonyl (C=O) groups is 1. The SMILES string of the molecule is O=C(N[C@H]1C[C@H]2CO[C@@H](c3ccc(Cl)cc3)CN2C1)c1cc(C2CC2)no1. The van der Waals surface area contributed by atoms with Crippen LogP contribution in [-0.2, 0) is 4.74 Å². The third kappa shape index (κ3) is 3.61. The maximum absolute atomic E-state index is 12.5. The van der Waals surface area contributed by atoms with Gasteiger partial charge in [0.25, 0.3) is 5.91 Å². The number of aromatic nitrogens is 1. The summed E-state index contributed by atoms with van der Waals surface area (Å²) in [5.74, 6) is 0.629. The topological polar surface area (TPSA) is 67.6 Å². The third-order valence-corrected chi connectivity index (χ3v) is 5.99. The van der Waals surface area contributed by atoms with Crippen molar-refractivity contribution < 1.29 is 14.1 Å². The van der Waals surface area contributed by atoms with Crippen molar-refractivity contribution in [2.24, 2.45) is 0 Å². The van der Waals surface area contributed by atoms with Gasteiger partial charge in [-0.05, 0) is 37.0 Å². The number of rotatable bonds is 4. The van der Waals surface area contributed by atoms with Crippen molar-refractivity contribution in [1.29, 1.82) is 0 Å². The molecular weight excluding hydrogens is 366 g/mol. The van der Waals surface area contributed by atoms with Gasteiger partial charge in [-0.2, -0.15) is 0 Å². The van der Waals surface area contributed by atoms with Gasteiger partial charge in [-0.15, -0.1) is 0 Å². The molecule has 1 amide bonds. The molecule has 27 heavy (non-hydrogen) atoms. The number of hydrogen-bond acceptors (Lipinski definition) is 5. The van der Waals surface area contributed by atoms with Crippen molar-refractivity contribution >= 4 is 17.5 Å². The van der Waals surface area contributed by atoms with Gasteiger partial charge in [0.1, 0.15) is 0 Å². The van der Waals surface area contributed by atoms with Gasteiger partial charge in [0.2, 0.25) is 5.76 Å². The van der Waals surface area contributed by atoms with Crippen molar-refractivity contribution in [2.45, 2.75) is 43.4 Å². The molecule has 3 heterocycles. The fourth-order valence-corrected chi connectivity index (χ4v) is 4.21. The molecule has 0 bridgehead atoms. The summed E-state index contributed by atoms with van der Waals surface area (Å²) in [6.45, 7) is 2.33. The monoisotopic (exact) mass is 387 g/mol. The van der Waals surface area contributed by atoms with Gasteiger partial charge in [-0.3, -0.25) is 9.69 Å². The number of benzene rings is 1. The normalized spacial score (nSPS) is 28.1. The number of ether oxygens (including phenoxy) is 1. The molecule has 3 fully saturated rings. The Kier molecular flexibility index (Phi) is 4.42. The van der Waals surface area contributed by atoms with E-state index in [1.54, 1.807) is 6.07 Å². The maximum Gasteiger partial charge on any atom is 0.290 e. The molecule has 1 aromatic carbocycles. The minimum atomic E-state index is -0.172. The van der Waals surface area contributed by atoms with E-state index in [0.29, 0.717) is 24.3 Å². The largest absolute Gasteiger partial charge is 0.371 e. The minimum absolute atomic E-state index is 0.0448. The summed E-state index contributed by atoms with van der Waals surface area (Å²) in [6.07, 6.45) is 3.22. The summed E-state index contributed by atoms with van der Waals surface area (Å²) < 4.78 is 11.3. The van der Waals surface area contributed by atoms with Crippen molar-refractivity contribution in [3.8, 4) is 0 Å². The van der Waals surface area contributed by atoms with E-state index >= 15 is 0 Å². The molecule has 1 N–H and O–H groups in total. The molecule has 3 aliphatic rings. The molecule has 7 heteroatoms. The van der Waals surface area contributed by atoms with E-state index in [-0.39, 0.29) is 18.1 Å². The molecule has 5 rings (SSSR count). The van der Waals surface area contributed by atoms with E-state index in [2.05, 4.69) is 15.4 Å². The maximum atomic E-state index is 12.5. The highest BCUT2D eigenvalue weighted by Crippen LogP contribution is 2.39. The van der Waals surface area contributed by atoms with Crippen LogP contribution < -0.4 is 5.32 Å². The lowest BCUT2D eigenvalue weighted by atomic mass is 10.1. The Morgan fingerprint density at radius 1 is 1.22 bits per heavy atom. The van der Waals surface area contributed by atoms with Gasteiger partial charge in [0.15, 0.2) is 0 Å². The van der Waals surface area contributed by atoms with Crippen LogP contribution >= 0.6 is 11.6 Å². The van der Waals surface area contributed by atoms with Gasteiger partial charge in [-0.1, -0.05) is 28.9 Å². The smallest absolute Gasteiger partial charge is 0.290 e. The molecule has 1 aromatic heterocycles. The molecule has 3 atom stereocenters. The molecule has 2 saturated heterocycles. The Morgan fingerprint density at radius 3 is 2.81 bits per heavy atom. The lowest BCUT2D eigenvalue weighted by Gasteiger charge is -2.35. The van der Waals surface area contributed by atoms with Crippen LogP contribution in [0.15, 0.2) is 34.9 Å². The molecule has 1 aliphatic carbocycles. The van der Waals surface area contributed by atoms with Crippen molar-refractivity contribution in [3.05, 3.63) is 52.4 Å². The second-order valence-corrected chi connectivity index (χ2v) is 8.21. The number of halogens is 1. The van der Waals surface area contributed by atoms with Crippen LogP contribution in [0.1, 0.15) is 53.1 Å². The minimum Gasteiger partial charge on any atom is -0.371 e. The summed E-state index contributed by atoms with van der Waals surface area (Å²) >= 11 is 5.98. The van der Waals surface area contributed by atoms with Crippen LogP contribution in [0.5, 0.6) is 0 Å². The van der Waals surface area contributed by atoms with E-state index in [4.69, 9.17) is 20.9 Å². The van der Waals surface area contributed by atoms with E-state index in [9.17, 15) is 4.79 Å². The molecule has 2 aromatic rings. The van der Waals surface area contributed by atoms with Crippen molar-refractivity contribution in [3.63, 3.8) is 0 Å². The first-order valence-electron chi connectivity index (χ1n) is 9.54. The highest BCUT2D eigenvalue weighted by Gasteiger charge is 2.38. The first-order valence-corrected chi connectivity index (χ1v) is 9.92. The van der Waals surface area contributed by atoms with Gasteiger partial charge in [0, 0.05) is 42.2 Å². The van der Waals surface area contributed by atoms with Crippen molar-refractivity contribution in [1.82, 2.24) is 15.4 Å². The van der Waals surface area contributed by atoms with Crippen LogP contribution in [0.4, 0.5) is 0 Å². The summed E-state index contributed by atoms with van der Waals surface area (Å²) in [6, 6.07) is 10.1. The van der Waals surface area contributed by atoms with Gasteiger partial charge in [-0.25, -0.2) is 0 Å². The summed E-state index contributed by atoms with van der Waals surface area (Å²) in [7, 11) is 0. The Balaban J connectivity index is 1.19. The van der Waals surface area contributed by atoms with Gasteiger partial charge in [0.05, 0.1) is 18.4 Å². The van der Waals surface area contributed by atoms with Gasteiger partial charge < -0.3 is 14.6 Å². The fourth-order valence-electron chi connectivity index (χ4n) is 4.08. The van der Waals surface area contributed by atoms with E-state index < -0.39 is 0 Å². The first kappa shape index (κ1) is 17.2. The van der Waals surface area contributed by atoms with E-state index in [0.717, 1.165) is 48.6 Å². The molecule has 0 spiro atoms. The van der Waals surface area contributed by atoms with E-state index in [1.807, 2.05) is 24.3 Å². The number of nitrogens with one attached hydrogen (secondary N) is 1. The molecule has 6 nitrogen and oxygen atoms in total. The second kappa shape index (κ2) is 6.93. The lowest BCUT2D eigenvalue weighted by molar-refractivity contribution is -0.0502. The highest BCUT2D eigenvalue weighted by molar-refractivity contribution is 6.30. The zero-order valence-corrected chi connectivity index (χ0v) is 15.7. The average molecular weight is 388 g/mol. The molecule has 1 saturated carbocycles. The number of morpholine rings is 1. The third-order valence-electron chi connectivity index (χ3n) is 5.74. The summed E-state index contributed by atoms with van der Waals surface area (Å²) in [4.78, 5) is 14.9. The first-order chi connectivity index (χ1) is 13.2.